The Balaban J connectivity index is 1.59. The highest BCUT2D eigenvalue weighted by atomic mass is 16.2. The van der Waals surface area contributed by atoms with Crippen LogP contribution in [0.4, 0.5) is 4.79 Å². The molecule has 0 radical (unpaired) electrons. The molecule has 3 rings (SSSR count). The van der Waals surface area contributed by atoms with E-state index in [-0.39, 0.29) is 18.5 Å². The van der Waals surface area contributed by atoms with Crippen molar-refractivity contribution < 1.29 is 9.59 Å². The van der Waals surface area contributed by atoms with Crippen LogP contribution in [0.2, 0.25) is 0 Å². The van der Waals surface area contributed by atoms with Crippen LogP contribution in [0.3, 0.4) is 0 Å². The highest BCUT2D eigenvalue weighted by Gasteiger charge is 2.24. The predicted octanol–water partition coefficient (Wildman–Crippen LogP) is 0.305. The maximum atomic E-state index is 12.4. The van der Waals surface area contributed by atoms with Crippen LogP contribution in [0.5, 0.6) is 0 Å². The third-order valence-corrected chi connectivity index (χ3v) is 3.95. The van der Waals surface area contributed by atoms with Crippen molar-refractivity contribution in [3.63, 3.8) is 0 Å². The first-order chi connectivity index (χ1) is 11.2. The monoisotopic (exact) mass is 316 g/mol. The smallest absolute Gasteiger partial charge is 0.317 e. The molecule has 1 aliphatic rings. The van der Waals surface area contributed by atoms with E-state index in [1.54, 1.807) is 14.5 Å². The molecule has 0 atom stereocenters. The Bertz CT molecular complexity index is 705. The van der Waals surface area contributed by atoms with Crippen LogP contribution in [0.1, 0.15) is 6.92 Å². The van der Waals surface area contributed by atoms with Gasteiger partial charge in [-0.25, -0.2) is 9.48 Å². The molecule has 1 aromatic heterocycles. The van der Waals surface area contributed by atoms with Crippen LogP contribution < -0.4 is 5.32 Å². The maximum Gasteiger partial charge on any atom is 0.317 e. The maximum absolute atomic E-state index is 12.4. The number of amides is 3. The molecule has 1 N–H and O–H groups in total. The Hall–Kier alpha value is -2.64. The van der Waals surface area contributed by atoms with Gasteiger partial charge >= 0.3 is 6.03 Å². The van der Waals surface area contributed by atoms with Crippen LogP contribution in [0, 0.1) is 0 Å². The topological polar surface area (TPSA) is 83.4 Å². The SMILES string of the molecule is CCNC(=O)N1CCN(C(=O)Cn2nnc3ccccc32)CC1. The number of hydrogen-bond acceptors (Lipinski definition) is 4. The average Bonchev–Trinajstić information content (AvgIpc) is 2.98. The van der Waals surface area contributed by atoms with Crippen LogP contribution in [-0.4, -0.2) is 69.5 Å². The Morgan fingerprint density at radius 2 is 1.83 bits per heavy atom. The van der Waals surface area contributed by atoms with E-state index in [1.165, 1.54) is 0 Å². The summed E-state index contributed by atoms with van der Waals surface area (Å²) in [5, 5.41) is 10.9. The third kappa shape index (κ3) is 3.25. The number of fused-ring (bicyclic) bond motifs is 1. The Morgan fingerprint density at radius 1 is 1.13 bits per heavy atom. The van der Waals surface area contributed by atoms with Crippen molar-refractivity contribution in [1.82, 2.24) is 30.1 Å². The van der Waals surface area contributed by atoms with Crippen LogP contribution in [0.25, 0.3) is 11.0 Å². The summed E-state index contributed by atoms with van der Waals surface area (Å²) in [6, 6.07) is 7.49. The van der Waals surface area contributed by atoms with E-state index in [1.807, 2.05) is 31.2 Å². The first kappa shape index (κ1) is 15.3. The minimum absolute atomic E-state index is 0.00352. The van der Waals surface area contributed by atoms with E-state index in [4.69, 9.17) is 0 Å². The van der Waals surface area contributed by atoms with Gasteiger partial charge in [0, 0.05) is 32.7 Å². The molecular formula is C15H20N6O2. The molecule has 0 saturated carbocycles. The molecule has 23 heavy (non-hydrogen) atoms. The molecular weight excluding hydrogens is 296 g/mol. The molecule has 1 saturated heterocycles. The quantitative estimate of drug-likeness (QED) is 0.883. The minimum Gasteiger partial charge on any atom is -0.338 e. The molecule has 1 fully saturated rings. The summed E-state index contributed by atoms with van der Waals surface area (Å²) in [5.41, 5.74) is 1.63. The van der Waals surface area contributed by atoms with Gasteiger partial charge in [-0.1, -0.05) is 17.3 Å². The summed E-state index contributed by atoms with van der Waals surface area (Å²) in [7, 11) is 0. The predicted molar refractivity (Wildman–Crippen MR) is 84.8 cm³/mol. The molecule has 1 aromatic carbocycles. The van der Waals surface area contributed by atoms with E-state index in [9.17, 15) is 9.59 Å². The Kier molecular flexibility index (Phi) is 4.40. The van der Waals surface area contributed by atoms with Gasteiger partial charge in [0.1, 0.15) is 12.1 Å². The fourth-order valence-electron chi connectivity index (χ4n) is 2.68. The number of benzene rings is 1. The Labute approximate surface area is 134 Å². The summed E-state index contributed by atoms with van der Waals surface area (Å²) in [5.74, 6) is -0.00352. The largest absolute Gasteiger partial charge is 0.338 e. The fourth-order valence-corrected chi connectivity index (χ4v) is 2.68. The summed E-state index contributed by atoms with van der Waals surface area (Å²) in [6.45, 7) is 4.86. The van der Waals surface area contributed by atoms with Crippen molar-refractivity contribution >= 4 is 23.0 Å². The third-order valence-electron chi connectivity index (χ3n) is 3.95. The van der Waals surface area contributed by atoms with Crippen LogP contribution in [-0.2, 0) is 11.3 Å². The van der Waals surface area contributed by atoms with Crippen molar-refractivity contribution in [2.24, 2.45) is 0 Å². The molecule has 122 valence electrons. The molecule has 3 amide bonds. The molecule has 0 spiro atoms. The number of nitrogens with zero attached hydrogens (tertiary/aromatic N) is 5. The van der Waals surface area contributed by atoms with Gasteiger partial charge in [-0.15, -0.1) is 5.10 Å². The molecule has 1 aliphatic heterocycles. The van der Waals surface area contributed by atoms with Gasteiger partial charge in [0.25, 0.3) is 0 Å². The lowest BCUT2D eigenvalue weighted by Gasteiger charge is -2.34. The highest BCUT2D eigenvalue weighted by Crippen LogP contribution is 2.10. The summed E-state index contributed by atoms with van der Waals surface area (Å²) in [4.78, 5) is 27.7. The molecule has 0 bridgehead atoms. The van der Waals surface area contributed by atoms with Crippen molar-refractivity contribution in [3.05, 3.63) is 24.3 Å². The van der Waals surface area contributed by atoms with Crippen molar-refractivity contribution in [3.8, 4) is 0 Å². The minimum atomic E-state index is -0.0677. The average molecular weight is 316 g/mol. The fraction of sp³-hybridized carbons (Fsp3) is 0.467. The zero-order valence-corrected chi connectivity index (χ0v) is 13.1. The summed E-state index contributed by atoms with van der Waals surface area (Å²) in [6.07, 6.45) is 0. The highest BCUT2D eigenvalue weighted by molar-refractivity contribution is 5.80. The van der Waals surface area contributed by atoms with Gasteiger partial charge in [-0.05, 0) is 19.1 Å². The standard InChI is InChI=1S/C15H20N6O2/c1-2-16-15(23)20-9-7-19(8-10-20)14(22)11-21-13-6-4-3-5-12(13)17-18-21/h3-6H,2,7-11H2,1H3,(H,16,23). The van der Waals surface area contributed by atoms with Crippen molar-refractivity contribution in [2.75, 3.05) is 32.7 Å². The molecule has 8 nitrogen and oxygen atoms in total. The molecule has 2 heterocycles. The number of rotatable bonds is 3. The number of para-hydroxylation sites is 1. The summed E-state index contributed by atoms with van der Waals surface area (Å²) >= 11 is 0. The van der Waals surface area contributed by atoms with Crippen molar-refractivity contribution in [1.29, 1.82) is 0 Å². The zero-order valence-electron chi connectivity index (χ0n) is 13.1. The second-order valence-electron chi connectivity index (χ2n) is 5.44. The number of carbonyl (C=O) groups excluding carboxylic acids is 2. The summed E-state index contributed by atoms with van der Waals surface area (Å²) < 4.78 is 1.62. The number of aromatic nitrogens is 3. The van der Waals surface area contributed by atoms with E-state index in [2.05, 4.69) is 15.6 Å². The number of urea groups is 1. The first-order valence-electron chi connectivity index (χ1n) is 7.78. The van der Waals surface area contributed by atoms with Crippen LogP contribution >= 0.6 is 0 Å². The van der Waals surface area contributed by atoms with E-state index < -0.39 is 0 Å². The number of carbonyl (C=O) groups is 2. The van der Waals surface area contributed by atoms with Crippen molar-refractivity contribution in [2.45, 2.75) is 13.5 Å². The number of nitrogens with one attached hydrogen (secondary N) is 1. The van der Waals surface area contributed by atoms with E-state index in [0.717, 1.165) is 11.0 Å². The lowest BCUT2D eigenvalue weighted by molar-refractivity contribution is -0.133. The Morgan fingerprint density at radius 3 is 2.57 bits per heavy atom. The normalized spacial score (nSPS) is 15.0. The molecule has 0 aliphatic carbocycles. The second-order valence-corrected chi connectivity index (χ2v) is 5.44. The van der Waals surface area contributed by atoms with Gasteiger partial charge in [-0.3, -0.25) is 4.79 Å². The molecule has 8 heteroatoms. The lowest BCUT2D eigenvalue weighted by atomic mass is 10.3. The van der Waals surface area contributed by atoms with E-state index in [0.29, 0.717) is 32.7 Å². The zero-order chi connectivity index (χ0) is 16.2. The first-order valence-corrected chi connectivity index (χ1v) is 7.78. The van der Waals surface area contributed by atoms with Gasteiger partial charge in [0.2, 0.25) is 5.91 Å². The number of hydrogen-bond donors (Lipinski definition) is 1. The van der Waals surface area contributed by atoms with Gasteiger partial charge < -0.3 is 15.1 Å². The second kappa shape index (κ2) is 6.64. The van der Waals surface area contributed by atoms with Gasteiger partial charge in [-0.2, -0.15) is 0 Å². The van der Waals surface area contributed by atoms with Gasteiger partial charge in [0.05, 0.1) is 5.52 Å². The number of piperazine rings is 1. The van der Waals surface area contributed by atoms with Crippen LogP contribution in [0.15, 0.2) is 24.3 Å². The van der Waals surface area contributed by atoms with Gasteiger partial charge in [0.15, 0.2) is 0 Å². The molecule has 2 aromatic rings. The molecule has 0 unspecified atom stereocenters. The lowest BCUT2D eigenvalue weighted by Crippen LogP contribution is -2.53. The van der Waals surface area contributed by atoms with E-state index >= 15 is 0 Å².